The number of unbranched alkanes of at least 4 members (excludes halogenated alkanes) is 4. The van der Waals surface area contributed by atoms with E-state index in [4.69, 9.17) is 5.73 Å². The minimum Gasteiger partial charge on any atom is -0.324 e. The van der Waals surface area contributed by atoms with Gasteiger partial charge in [0.05, 0.1) is 0 Å². The maximum atomic E-state index is 6.13. The fourth-order valence-corrected chi connectivity index (χ4v) is 3.33. The molecule has 86 valence electrons. The molecule has 1 nitrogen and oxygen atoms in total. The molecule has 0 radical (unpaired) electrons. The van der Waals surface area contributed by atoms with Crippen molar-refractivity contribution in [2.24, 2.45) is 5.73 Å². The predicted molar refractivity (Wildman–Crippen MR) is 72.3 cm³/mol. The third-order valence-corrected chi connectivity index (χ3v) is 4.41. The fourth-order valence-electron chi connectivity index (χ4n) is 1.68. The summed E-state index contributed by atoms with van der Waals surface area (Å²) in [5.74, 6) is 0. The quantitative estimate of drug-likeness (QED) is 0.712. The van der Waals surface area contributed by atoms with Crippen molar-refractivity contribution in [2.45, 2.75) is 51.5 Å². The molecule has 0 aliphatic carbocycles. The molecular weight excluding hydrogens is 270 g/mol. The molecule has 1 rings (SSSR count). The summed E-state index contributed by atoms with van der Waals surface area (Å²) >= 11 is 5.25. The highest BCUT2D eigenvalue weighted by molar-refractivity contribution is 9.10. The van der Waals surface area contributed by atoms with Gasteiger partial charge in [-0.25, -0.2) is 0 Å². The summed E-state index contributed by atoms with van der Waals surface area (Å²) in [5.41, 5.74) is 7.41. The van der Waals surface area contributed by atoms with E-state index in [1.807, 2.05) is 0 Å². The Morgan fingerprint density at radius 2 is 2.00 bits per heavy atom. The first-order chi connectivity index (χ1) is 7.25. The van der Waals surface area contributed by atoms with Gasteiger partial charge in [-0.15, -0.1) is 0 Å². The second-order valence-electron chi connectivity index (χ2n) is 3.98. The Labute approximate surface area is 105 Å². The molecule has 1 heterocycles. The van der Waals surface area contributed by atoms with Crippen molar-refractivity contribution < 1.29 is 0 Å². The van der Waals surface area contributed by atoms with Gasteiger partial charge >= 0.3 is 0 Å². The molecule has 0 fully saturated rings. The van der Waals surface area contributed by atoms with E-state index < -0.39 is 0 Å². The summed E-state index contributed by atoms with van der Waals surface area (Å²) in [6.45, 7) is 2.24. The number of hydrogen-bond donors (Lipinski definition) is 1. The normalized spacial score (nSPS) is 13.0. The van der Waals surface area contributed by atoms with Crippen LogP contribution in [0.4, 0.5) is 0 Å². The number of thiophene rings is 1. The standard InChI is InChI=1S/C12H20BrNS/c1-2-3-4-5-6-7-12(14)10-8-15-9-11(10)13/h8-9,12H,2-7,14H2,1H3. The molecule has 0 amide bonds. The van der Waals surface area contributed by atoms with Crippen molar-refractivity contribution in [3.05, 3.63) is 20.8 Å². The molecule has 1 aromatic rings. The van der Waals surface area contributed by atoms with Gasteiger partial charge in [0.15, 0.2) is 0 Å². The second kappa shape index (κ2) is 7.42. The Bertz CT molecular complexity index is 272. The highest BCUT2D eigenvalue weighted by Gasteiger charge is 2.09. The molecule has 0 saturated carbocycles. The first-order valence-corrected chi connectivity index (χ1v) is 7.46. The second-order valence-corrected chi connectivity index (χ2v) is 5.58. The Kier molecular flexibility index (Phi) is 6.53. The molecule has 15 heavy (non-hydrogen) atoms. The van der Waals surface area contributed by atoms with E-state index in [1.54, 1.807) is 11.3 Å². The lowest BCUT2D eigenvalue weighted by molar-refractivity contribution is 0.555. The van der Waals surface area contributed by atoms with Gasteiger partial charge in [-0.1, -0.05) is 39.0 Å². The van der Waals surface area contributed by atoms with Gasteiger partial charge in [-0.2, -0.15) is 11.3 Å². The van der Waals surface area contributed by atoms with Gasteiger partial charge in [-0.05, 0) is 33.3 Å². The molecule has 0 aliphatic heterocycles. The minimum absolute atomic E-state index is 0.215. The van der Waals surface area contributed by atoms with Gasteiger partial charge < -0.3 is 5.73 Å². The van der Waals surface area contributed by atoms with Crippen LogP contribution in [0.2, 0.25) is 0 Å². The summed E-state index contributed by atoms with van der Waals surface area (Å²) in [6, 6.07) is 0.215. The van der Waals surface area contributed by atoms with Crippen molar-refractivity contribution >= 4 is 27.3 Å². The van der Waals surface area contributed by atoms with Crippen LogP contribution in [0.3, 0.4) is 0 Å². The Morgan fingerprint density at radius 3 is 2.60 bits per heavy atom. The number of hydrogen-bond acceptors (Lipinski definition) is 2. The smallest absolute Gasteiger partial charge is 0.0330 e. The Hall–Kier alpha value is 0.140. The fraction of sp³-hybridized carbons (Fsp3) is 0.667. The van der Waals surface area contributed by atoms with Crippen LogP contribution in [-0.4, -0.2) is 0 Å². The van der Waals surface area contributed by atoms with Gasteiger partial charge in [-0.3, -0.25) is 0 Å². The molecule has 1 aromatic heterocycles. The zero-order valence-corrected chi connectivity index (χ0v) is 11.7. The number of nitrogens with two attached hydrogens (primary N) is 1. The van der Waals surface area contributed by atoms with Crippen molar-refractivity contribution in [1.82, 2.24) is 0 Å². The summed E-state index contributed by atoms with van der Waals surface area (Å²) in [7, 11) is 0. The summed E-state index contributed by atoms with van der Waals surface area (Å²) in [6.07, 6.45) is 7.71. The molecule has 2 N–H and O–H groups in total. The van der Waals surface area contributed by atoms with E-state index in [1.165, 1.54) is 42.1 Å². The van der Waals surface area contributed by atoms with Crippen LogP contribution in [0.25, 0.3) is 0 Å². The van der Waals surface area contributed by atoms with Crippen LogP contribution < -0.4 is 5.73 Å². The zero-order valence-electron chi connectivity index (χ0n) is 9.34. The van der Waals surface area contributed by atoms with Gasteiger partial charge in [0.25, 0.3) is 0 Å². The van der Waals surface area contributed by atoms with Gasteiger partial charge in [0.2, 0.25) is 0 Å². The predicted octanol–water partition coefficient (Wildman–Crippen LogP) is 4.87. The Morgan fingerprint density at radius 1 is 1.27 bits per heavy atom. The van der Waals surface area contributed by atoms with Crippen LogP contribution >= 0.6 is 27.3 Å². The van der Waals surface area contributed by atoms with E-state index in [-0.39, 0.29) is 6.04 Å². The lowest BCUT2D eigenvalue weighted by atomic mass is 10.0. The van der Waals surface area contributed by atoms with E-state index in [0.717, 1.165) is 6.42 Å². The lowest BCUT2D eigenvalue weighted by Crippen LogP contribution is -2.09. The Balaban J connectivity index is 2.19. The molecule has 3 heteroatoms. The average Bonchev–Trinajstić information content (AvgIpc) is 2.64. The molecule has 0 saturated heterocycles. The molecule has 0 bridgehead atoms. The van der Waals surface area contributed by atoms with Crippen molar-refractivity contribution in [2.75, 3.05) is 0 Å². The lowest BCUT2D eigenvalue weighted by Gasteiger charge is -2.10. The van der Waals surface area contributed by atoms with Crippen LogP contribution in [0.5, 0.6) is 0 Å². The highest BCUT2D eigenvalue weighted by Crippen LogP contribution is 2.28. The maximum absolute atomic E-state index is 6.13. The average molecular weight is 290 g/mol. The molecule has 0 aliphatic rings. The van der Waals surface area contributed by atoms with Crippen LogP contribution in [0.15, 0.2) is 15.2 Å². The molecule has 1 unspecified atom stereocenters. The first kappa shape index (κ1) is 13.2. The van der Waals surface area contributed by atoms with E-state index in [9.17, 15) is 0 Å². The molecular formula is C12H20BrNS. The van der Waals surface area contributed by atoms with Crippen molar-refractivity contribution in [1.29, 1.82) is 0 Å². The zero-order chi connectivity index (χ0) is 11.1. The molecule has 1 atom stereocenters. The molecule has 0 spiro atoms. The summed E-state index contributed by atoms with van der Waals surface area (Å²) in [4.78, 5) is 0. The summed E-state index contributed by atoms with van der Waals surface area (Å²) in [5, 5.41) is 4.26. The first-order valence-electron chi connectivity index (χ1n) is 5.73. The maximum Gasteiger partial charge on any atom is 0.0330 e. The SMILES string of the molecule is CCCCCCCC(N)c1cscc1Br. The third kappa shape index (κ3) is 4.66. The number of halogens is 1. The largest absolute Gasteiger partial charge is 0.324 e. The topological polar surface area (TPSA) is 26.0 Å². The molecule has 0 aromatic carbocycles. The van der Waals surface area contributed by atoms with Crippen molar-refractivity contribution in [3.63, 3.8) is 0 Å². The monoisotopic (exact) mass is 289 g/mol. The van der Waals surface area contributed by atoms with Crippen molar-refractivity contribution in [3.8, 4) is 0 Å². The van der Waals surface area contributed by atoms with Gasteiger partial charge in [0.1, 0.15) is 0 Å². The minimum atomic E-state index is 0.215. The van der Waals surface area contributed by atoms with E-state index in [0.29, 0.717) is 0 Å². The van der Waals surface area contributed by atoms with E-state index in [2.05, 4.69) is 33.6 Å². The third-order valence-electron chi connectivity index (χ3n) is 2.66. The number of rotatable bonds is 7. The van der Waals surface area contributed by atoms with Crippen LogP contribution in [0, 0.1) is 0 Å². The summed E-state index contributed by atoms with van der Waals surface area (Å²) < 4.78 is 1.17. The van der Waals surface area contributed by atoms with Gasteiger partial charge in [0, 0.05) is 15.9 Å². The highest BCUT2D eigenvalue weighted by atomic mass is 79.9. The van der Waals surface area contributed by atoms with Crippen LogP contribution in [-0.2, 0) is 0 Å². The van der Waals surface area contributed by atoms with Crippen LogP contribution in [0.1, 0.15) is 57.1 Å². The van der Waals surface area contributed by atoms with E-state index >= 15 is 0 Å².